The van der Waals surface area contributed by atoms with Gasteiger partial charge in [-0.25, -0.2) is 0 Å². The fourth-order valence-electron chi connectivity index (χ4n) is 1.61. The van der Waals surface area contributed by atoms with Crippen molar-refractivity contribution in [2.45, 2.75) is 13.8 Å². The zero-order valence-corrected chi connectivity index (χ0v) is 9.53. The highest BCUT2D eigenvalue weighted by Gasteiger charge is 2.13. The van der Waals surface area contributed by atoms with E-state index < -0.39 is 0 Å². The van der Waals surface area contributed by atoms with Crippen LogP contribution in [-0.2, 0) is 7.05 Å². The summed E-state index contributed by atoms with van der Waals surface area (Å²) in [4.78, 5) is 14.7. The van der Waals surface area contributed by atoms with Crippen molar-refractivity contribution in [3.8, 4) is 0 Å². The molecule has 2 aromatic rings. The first-order valence-corrected chi connectivity index (χ1v) is 5.04. The Morgan fingerprint density at radius 1 is 1.50 bits per heavy atom. The van der Waals surface area contributed by atoms with Gasteiger partial charge in [-0.3, -0.25) is 9.48 Å². The molecule has 84 valence electrons. The summed E-state index contributed by atoms with van der Waals surface area (Å²) >= 11 is 0. The molecule has 0 saturated carbocycles. The molecule has 2 rings (SSSR count). The molecule has 0 bridgehead atoms. The molecular formula is C11H14N4O. The number of aryl methyl sites for hydroxylation is 2. The van der Waals surface area contributed by atoms with Gasteiger partial charge in [-0.05, 0) is 26.0 Å². The molecule has 0 aliphatic heterocycles. The minimum Gasteiger partial charge on any atom is -0.357 e. The largest absolute Gasteiger partial charge is 0.357 e. The summed E-state index contributed by atoms with van der Waals surface area (Å²) in [6.07, 6.45) is 1.72. The van der Waals surface area contributed by atoms with E-state index in [1.54, 1.807) is 23.0 Å². The van der Waals surface area contributed by atoms with Crippen molar-refractivity contribution in [1.82, 2.24) is 14.8 Å². The number of aromatic nitrogens is 3. The minimum absolute atomic E-state index is 0.149. The van der Waals surface area contributed by atoms with Crippen molar-refractivity contribution in [2.75, 3.05) is 5.32 Å². The topological polar surface area (TPSA) is 62.7 Å². The summed E-state index contributed by atoms with van der Waals surface area (Å²) in [6.45, 7) is 3.79. The van der Waals surface area contributed by atoms with Gasteiger partial charge in [-0.1, -0.05) is 0 Å². The Hall–Kier alpha value is -2.04. The number of rotatable bonds is 2. The molecular weight excluding hydrogens is 204 g/mol. The van der Waals surface area contributed by atoms with Crippen LogP contribution in [0.2, 0.25) is 0 Å². The van der Waals surface area contributed by atoms with E-state index in [-0.39, 0.29) is 5.91 Å². The fraction of sp³-hybridized carbons (Fsp3) is 0.273. The number of amides is 1. The van der Waals surface area contributed by atoms with Crippen LogP contribution in [0.1, 0.15) is 21.9 Å². The summed E-state index contributed by atoms with van der Waals surface area (Å²) < 4.78 is 1.75. The van der Waals surface area contributed by atoms with Crippen molar-refractivity contribution in [3.63, 3.8) is 0 Å². The second kappa shape index (κ2) is 3.84. The lowest BCUT2D eigenvalue weighted by molar-refractivity contribution is 0.102. The second-order valence-electron chi connectivity index (χ2n) is 3.71. The van der Waals surface area contributed by atoms with E-state index >= 15 is 0 Å². The summed E-state index contributed by atoms with van der Waals surface area (Å²) in [5.74, 6) is -0.149. The fourth-order valence-corrected chi connectivity index (χ4v) is 1.61. The lowest BCUT2D eigenvalue weighted by Gasteiger charge is -2.03. The predicted octanol–water partition coefficient (Wildman–Crippen LogP) is 1.62. The molecule has 5 heteroatoms. The van der Waals surface area contributed by atoms with E-state index in [4.69, 9.17) is 0 Å². The predicted molar refractivity (Wildman–Crippen MR) is 61.4 cm³/mol. The van der Waals surface area contributed by atoms with E-state index in [1.165, 1.54) is 0 Å². The number of H-pyrrole nitrogens is 1. The van der Waals surface area contributed by atoms with Gasteiger partial charge in [0.25, 0.3) is 5.91 Å². The third-order valence-electron chi connectivity index (χ3n) is 2.59. The lowest BCUT2D eigenvalue weighted by Crippen LogP contribution is -2.13. The Bertz CT molecular complexity index is 510. The highest BCUT2D eigenvalue weighted by molar-refractivity contribution is 6.03. The standard InChI is InChI=1S/C11H14N4O/c1-7-10(8(2)15(3)14-7)13-11(16)9-5-4-6-12-9/h4-6,12H,1-3H3,(H,13,16). The quantitative estimate of drug-likeness (QED) is 0.804. The number of hydrogen-bond acceptors (Lipinski definition) is 2. The van der Waals surface area contributed by atoms with Crippen LogP contribution in [0, 0.1) is 13.8 Å². The first kappa shape index (κ1) is 10.5. The van der Waals surface area contributed by atoms with Gasteiger partial charge in [0, 0.05) is 13.2 Å². The number of carbonyl (C=O) groups excluding carboxylic acids is 1. The van der Waals surface area contributed by atoms with Gasteiger partial charge in [-0.2, -0.15) is 5.10 Å². The number of nitrogens with zero attached hydrogens (tertiary/aromatic N) is 2. The maximum absolute atomic E-state index is 11.8. The molecule has 0 unspecified atom stereocenters. The van der Waals surface area contributed by atoms with Gasteiger partial charge in [0.1, 0.15) is 5.69 Å². The van der Waals surface area contributed by atoms with E-state index in [1.807, 2.05) is 20.9 Å². The molecule has 1 amide bonds. The van der Waals surface area contributed by atoms with Crippen molar-refractivity contribution in [3.05, 3.63) is 35.4 Å². The van der Waals surface area contributed by atoms with E-state index in [9.17, 15) is 4.79 Å². The van der Waals surface area contributed by atoms with Gasteiger partial charge in [0.2, 0.25) is 0 Å². The smallest absolute Gasteiger partial charge is 0.272 e. The summed E-state index contributed by atoms with van der Waals surface area (Å²) in [5.41, 5.74) is 3.09. The monoisotopic (exact) mass is 218 g/mol. The molecule has 2 heterocycles. The first-order chi connectivity index (χ1) is 7.59. The van der Waals surface area contributed by atoms with Gasteiger partial charge in [0.05, 0.1) is 17.1 Å². The summed E-state index contributed by atoms with van der Waals surface area (Å²) in [7, 11) is 1.85. The molecule has 0 aliphatic carbocycles. The number of anilines is 1. The molecule has 2 N–H and O–H groups in total. The average Bonchev–Trinajstić information content (AvgIpc) is 2.83. The minimum atomic E-state index is -0.149. The normalized spacial score (nSPS) is 10.4. The van der Waals surface area contributed by atoms with Crippen molar-refractivity contribution < 1.29 is 4.79 Å². The van der Waals surface area contributed by atoms with E-state index in [0.29, 0.717) is 5.69 Å². The molecule has 0 spiro atoms. The number of hydrogen-bond donors (Lipinski definition) is 2. The van der Waals surface area contributed by atoms with E-state index in [2.05, 4.69) is 15.4 Å². The van der Waals surface area contributed by atoms with Crippen LogP contribution < -0.4 is 5.32 Å². The van der Waals surface area contributed by atoms with Crippen LogP contribution >= 0.6 is 0 Å². The Morgan fingerprint density at radius 2 is 2.25 bits per heavy atom. The Labute approximate surface area is 93.5 Å². The number of aromatic amines is 1. The zero-order valence-electron chi connectivity index (χ0n) is 9.53. The molecule has 5 nitrogen and oxygen atoms in total. The molecule has 16 heavy (non-hydrogen) atoms. The average molecular weight is 218 g/mol. The third kappa shape index (κ3) is 1.71. The molecule has 0 saturated heterocycles. The van der Waals surface area contributed by atoms with Crippen molar-refractivity contribution in [2.24, 2.45) is 7.05 Å². The molecule has 0 radical (unpaired) electrons. The maximum Gasteiger partial charge on any atom is 0.272 e. The van der Waals surface area contributed by atoms with Crippen molar-refractivity contribution >= 4 is 11.6 Å². The Morgan fingerprint density at radius 3 is 2.75 bits per heavy atom. The van der Waals surface area contributed by atoms with Crippen LogP contribution in [0.4, 0.5) is 5.69 Å². The van der Waals surface area contributed by atoms with Crippen LogP contribution in [0.5, 0.6) is 0 Å². The highest BCUT2D eigenvalue weighted by atomic mass is 16.1. The third-order valence-corrected chi connectivity index (χ3v) is 2.59. The van der Waals surface area contributed by atoms with Crippen molar-refractivity contribution in [1.29, 1.82) is 0 Å². The second-order valence-corrected chi connectivity index (χ2v) is 3.71. The van der Waals surface area contributed by atoms with Gasteiger partial charge >= 0.3 is 0 Å². The molecule has 0 aromatic carbocycles. The SMILES string of the molecule is Cc1nn(C)c(C)c1NC(=O)c1ccc[nH]1. The highest BCUT2D eigenvalue weighted by Crippen LogP contribution is 2.18. The first-order valence-electron chi connectivity index (χ1n) is 5.04. The van der Waals surface area contributed by atoms with Crippen LogP contribution in [0.3, 0.4) is 0 Å². The van der Waals surface area contributed by atoms with E-state index in [0.717, 1.165) is 17.1 Å². The Balaban J connectivity index is 2.25. The number of carbonyl (C=O) groups is 1. The Kier molecular flexibility index (Phi) is 2.52. The van der Waals surface area contributed by atoms with Crippen LogP contribution in [0.15, 0.2) is 18.3 Å². The molecule has 0 aliphatic rings. The molecule has 0 atom stereocenters. The van der Waals surface area contributed by atoms with Crippen LogP contribution in [0.25, 0.3) is 0 Å². The molecule has 2 aromatic heterocycles. The summed E-state index contributed by atoms with van der Waals surface area (Å²) in [5, 5.41) is 7.08. The van der Waals surface area contributed by atoms with Gasteiger partial charge in [0.15, 0.2) is 0 Å². The van der Waals surface area contributed by atoms with Gasteiger partial charge in [-0.15, -0.1) is 0 Å². The lowest BCUT2D eigenvalue weighted by atomic mass is 10.3. The summed E-state index contributed by atoms with van der Waals surface area (Å²) in [6, 6.07) is 3.52. The van der Waals surface area contributed by atoms with Crippen LogP contribution in [-0.4, -0.2) is 20.7 Å². The zero-order chi connectivity index (χ0) is 11.7. The van der Waals surface area contributed by atoms with Gasteiger partial charge < -0.3 is 10.3 Å². The maximum atomic E-state index is 11.8. The number of nitrogens with one attached hydrogen (secondary N) is 2. The molecule has 0 fully saturated rings.